The number of rotatable bonds is 3. The summed E-state index contributed by atoms with van der Waals surface area (Å²) in [5.74, 6) is -0.827. The molecule has 1 aliphatic rings. The van der Waals surface area contributed by atoms with Crippen LogP contribution in [0, 0.1) is 12.7 Å². The predicted octanol–water partition coefficient (Wildman–Crippen LogP) is 0.858. The molecule has 1 heterocycles. The average molecular weight is 337 g/mol. The van der Waals surface area contributed by atoms with Crippen molar-refractivity contribution in [3.63, 3.8) is 0 Å². The number of aromatic hydroxyl groups is 1. The lowest BCUT2D eigenvalue weighted by molar-refractivity contribution is 0.275. The van der Waals surface area contributed by atoms with Gasteiger partial charge in [-0.15, -0.1) is 0 Å². The Balaban J connectivity index is 2.00. The van der Waals surface area contributed by atoms with Crippen molar-refractivity contribution < 1.29 is 27.6 Å². The normalized spacial score (nSPS) is 14.0. The molecule has 0 aliphatic carbocycles. The van der Waals surface area contributed by atoms with Gasteiger partial charge in [-0.05, 0) is 53.8 Å². The van der Waals surface area contributed by atoms with E-state index in [9.17, 15) is 22.9 Å². The van der Waals surface area contributed by atoms with E-state index in [1.165, 1.54) is 31.2 Å². The Labute approximate surface area is 132 Å². The lowest BCUT2D eigenvalue weighted by Gasteiger charge is -2.12. The highest BCUT2D eigenvalue weighted by molar-refractivity contribution is 7.92. The van der Waals surface area contributed by atoms with Crippen LogP contribution >= 0.6 is 0 Å². The van der Waals surface area contributed by atoms with Gasteiger partial charge in [-0.3, -0.25) is 4.72 Å². The molecule has 23 heavy (non-hydrogen) atoms. The molecule has 3 N–H and O–H groups in total. The van der Waals surface area contributed by atoms with Gasteiger partial charge >= 0.3 is 7.12 Å². The maximum absolute atomic E-state index is 14.1. The van der Waals surface area contributed by atoms with Crippen LogP contribution in [0.25, 0.3) is 0 Å². The van der Waals surface area contributed by atoms with Crippen LogP contribution in [0.15, 0.2) is 35.2 Å². The van der Waals surface area contributed by atoms with Gasteiger partial charge in [0.15, 0.2) is 0 Å². The van der Waals surface area contributed by atoms with Crippen molar-refractivity contribution in [2.24, 2.45) is 0 Å². The minimum Gasteiger partial charge on any atom is -0.508 e. The van der Waals surface area contributed by atoms with Crippen molar-refractivity contribution in [3.8, 4) is 5.75 Å². The Bertz CT molecular complexity index is 887. The Kier molecular flexibility index (Phi) is 3.79. The fraction of sp³-hybridized carbons (Fsp3) is 0.143. The third-order valence-corrected chi connectivity index (χ3v) is 5.11. The fourth-order valence-corrected chi connectivity index (χ4v) is 3.74. The highest BCUT2D eigenvalue weighted by Crippen LogP contribution is 2.25. The second-order valence-corrected chi connectivity index (χ2v) is 6.90. The molecule has 0 spiro atoms. The number of nitrogens with one attached hydrogen (secondary N) is 1. The number of hydrogen-bond acceptors (Lipinski definition) is 5. The minimum absolute atomic E-state index is 0.0644. The molecule has 0 aromatic heterocycles. The number of sulfonamides is 1. The van der Waals surface area contributed by atoms with Crippen LogP contribution in [0.5, 0.6) is 5.75 Å². The molecular formula is C14H13BFNO5S. The summed E-state index contributed by atoms with van der Waals surface area (Å²) < 4.78 is 46.0. The topological polar surface area (TPSA) is 95.9 Å². The molecule has 2 aromatic carbocycles. The number of fused-ring (bicyclic) bond motifs is 1. The quantitative estimate of drug-likeness (QED) is 0.722. The first kappa shape index (κ1) is 15.8. The third kappa shape index (κ3) is 2.90. The second kappa shape index (κ2) is 5.52. The molecule has 0 unspecified atom stereocenters. The summed E-state index contributed by atoms with van der Waals surface area (Å²) in [6, 6.07) is 6.11. The van der Waals surface area contributed by atoms with Crippen LogP contribution in [-0.4, -0.2) is 25.7 Å². The smallest absolute Gasteiger partial charge is 0.491 e. The largest absolute Gasteiger partial charge is 0.508 e. The van der Waals surface area contributed by atoms with Crippen LogP contribution < -0.4 is 10.2 Å². The summed E-state index contributed by atoms with van der Waals surface area (Å²) in [5, 5.41) is 19.0. The Hall–Kier alpha value is -2.10. The van der Waals surface area contributed by atoms with Crippen LogP contribution in [0.2, 0.25) is 0 Å². The average Bonchev–Trinajstić information content (AvgIpc) is 2.79. The maximum atomic E-state index is 14.1. The zero-order valence-electron chi connectivity index (χ0n) is 12.1. The van der Waals surface area contributed by atoms with Crippen molar-refractivity contribution in [2.75, 3.05) is 4.72 Å². The molecule has 1 aliphatic heterocycles. The first-order valence-electron chi connectivity index (χ1n) is 6.72. The molecular weight excluding hydrogens is 324 g/mol. The van der Waals surface area contributed by atoms with E-state index in [1.54, 1.807) is 0 Å². The van der Waals surface area contributed by atoms with Gasteiger partial charge < -0.3 is 14.8 Å². The fourth-order valence-electron chi connectivity index (χ4n) is 2.46. The molecule has 0 bridgehead atoms. The molecule has 0 radical (unpaired) electrons. The van der Waals surface area contributed by atoms with Crippen molar-refractivity contribution >= 4 is 28.3 Å². The molecule has 120 valence electrons. The van der Waals surface area contributed by atoms with E-state index in [-0.39, 0.29) is 22.9 Å². The second-order valence-electron chi connectivity index (χ2n) is 5.25. The lowest BCUT2D eigenvalue weighted by Crippen LogP contribution is -2.29. The highest BCUT2D eigenvalue weighted by Gasteiger charge is 2.30. The molecule has 6 nitrogen and oxygen atoms in total. The molecule has 0 amide bonds. The Morgan fingerprint density at radius 3 is 2.74 bits per heavy atom. The summed E-state index contributed by atoms with van der Waals surface area (Å²) in [6.07, 6.45) is 0. The van der Waals surface area contributed by atoms with Crippen LogP contribution in [0.1, 0.15) is 11.1 Å². The highest BCUT2D eigenvalue weighted by atomic mass is 32.2. The van der Waals surface area contributed by atoms with Gasteiger partial charge in [0, 0.05) is 0 Å². The number of hydrogen-bond donors (Lipinski definition) is 3. The van der Waals surface area contributed by atoms with E-state index in [0.29, 0.717) is 16.6 Å². The van der Waals surface area contributed by atoms with Crippen molar-refractivity contribution in [3.05, 3.63) is 47.3 Å². The Morgan fingerprint density at radius 2 is 2.04 bits per heavy atom. The molecule has 0 atom stereocenters. The molecule has 0 saturated heterocycles. The van der Waals surface area contributed by atoms with Crippen molar-refractivity contribution in [2.45, 2.75) is 18.4 Å². The maximum Gasteiger partial charge on any atom is 0.491 e. The summed E-state index contributed by atoms with van der Waals surface area (Å²) in [4.78, 5) is -0.0769. The van der Waals surface area contributed by atoms with Gasteiger partial charge in [0.05, 0.1) is 17.2 Å². The molecule has 3 rings (SSSR count). The summed E-state index contributed by atoms with van der Waals surface area (Å²) in [7, 11) is -5.25. The van der Waals surface area contributed by atoms with E-state index in [4.69, 9.17) is 4.65 Å². The van der Waals surface area contributed by atoms with E-state index in [2.05, 4.69) is 4.72 Å². The molecule has 0 fully saturated rings. The molecule has 2 aromatic rings. The SMILES string of the molecule is Cc1cc(O)ccc1S(=O)(=O)Nc1cc2c(cc1F)COB2O. The lowest BCUT2D eigenvalue weighted by atomic mass is 9.79. The first-order valence-corrected chi connectivity index (χ1v) is 8.20. The molecule has 9 heteroatoms. The zero-order chi connectivity index (χ0) is 16.8. The van der Waals surface area contributed by atoms with Crippen LogP contribution in [0.4, 0.5) is 10.1 Å². The summed E-state index contributed by atoms with van der Waals surface area (Å²) in [5.41, 5.74) is 0.841. The summed E-state index contributed by atoms with van der Waals surface area (Å²) >= 11 is 0. The number of aryl methyl sites for hydroxylation is 1. The predicted molar refractivity (Wildman–Crippen MR) is 82.4 cm³/mol. The zero-order valence-corrected chi connectivity index (χ0v) is 12.9. The van der Waals surface area contributed by atoms with Crippen molar-refractivity contribution in [1.29, 1.82) is 0 Å². The van der Waals surface area contributed by atoms with E-state index < -0.39 is 23.0 Å². The van der Waals surface area contributed by atoms with Gasteiger partial charge in [-0.1, -0.05) is 0 Å². The standard InChI is InChI=1S/C14H13BFNO5S/c1-8-4-10(18)2-3-14(8)23(20,21)17-13-6-11-9(5-12(13)16)7-22-15(11)19/h2-6,17-19H,7H2,1H3. The molecule has 0 saturated carbocycles. The number of anilines is 1. The Morgan fingerprint density at radius 1 is 1.30 bits per heavy atom. The third-order valence-electron chi connectivity index (χ3n) is 3.58. The van der Waals surface area contributed by atoms with Gasteiger partial charge in [0.2, 0.25) is 0 Å². The van der Waals surface area contributed by atoms with Crippen LogP contribution in [-0.2, 0) is 21.3 Å². The number of phenols is 1. The first-order chi connectivity index (χ1) is 10.8. The van der Waals surface area contributed by atoms with E-state index in [1.807, 2.05) is 0 Å². The number of phenolic OH excluding ortho intramolecular Hbond substituents is 1. The minimum atomic E-state index is -4.04. The van der Waals surface area contributed by atoms with Gasteiger partial charge in [-0.2, -0.15) is 0 Å². The summed E-state index contributed by atoms with van der Waals surface area (Å²) in [6.45, 7) is 1.59. The monoisotopic (exact) mass is 337 g/mol. The van der Waals surface area contributed by atoms with E-state index in [0.717, 1.165) is 6.07 Å². The van der Waals surface area contributed by atoms with Gasteiger partial charge in [0.25, 0.3) is 10.0 Å². The van der Waals surface area contributed by atoms with Crippen LogP contribution in [0.3, 0.4) is 0 Å². The van der Waals surface area contributed by atoms with Gasteiger partial charge in [0.1, 0.15) is 11.6 Å². The van der Waals surface area contributed by atoms with E-state index >= 15 is 0 Å². The number of benzene rings is 2. The van der Waals surface area contributed by atoms with Gasteiger partial charge in [-0.25, -0.2) is 12.8 Å². The van der Waals surface area contributed by atoms with Crippen molar-refractivity contribution in [1.82, 2.24) is 0 Å². The number of halogens is 1.